The quantitative estimate of drug-likeness (QED) is 0.891. The molecular weight excluding hydrogens is 302 g/mol. The first-order valence-corrected chi connectivity index (χ1v) is 7.27. The molecule has 0 saturated heterocycles. The maximum atomic E-state index is 6.00. The van der Waals surface area contributed by atoms with Crippen molar-refractivity contribution in [3.8, 4) is 11.5 Å². The summed E-state index contributed by atoms with van der Waals surface area (Å²) in [5.74, 6) is 1.74. The third-order valence-electron chi connectivity index (χ3n) is 2.98. The Balaban J connectivity index is 2.28. The summed E-state index contributed by atoms with van der Waals surface area (Å²) in [6.45, 7) is 2.76. The van der Waals surface area contributed by atoms with Crippen LogP contribution in [-0.4, -0.2) is 6.54 Å². The molecule has 2 N–H and O–H groups in total. The molecule has 0 saturated carbocycles. The van der Waals surface area contributed by atoms with E-state index in [1.54, 1.807) is 0 Å². The topological polar surface area (TPSA) is 35.2 Å². The van der Waals surface area contributed by atoms with Gasteiger partial charge < -0.3 is 10.5 Å². The Hall–Kier alpha value is -1.32. The zero-order chi connectivity index (χ0) is 13.7. The summed E-state index contributed by atoms with van der Waals surface area (Å²) >= 11 is 3.48. The average Bonchev–Trinajstić information content (AvgIpc) is 2.42. The van der Waals surface area contributed by atoms with E-state index in [1.165, 1.54) is 5.56 Å². The molecule has 0 aliphatic heterocycles. The number of benzene rings is 2. The lowest BCUT2D eigenvalue weighted by molar-refractivity contribution is 0.475. The second-order valence-corrected chi connectivity index (χ2v) is 5.31. The van der Waals surface area contributed by atoms with E-state index in [-0.39, 0.29) is 0 Å². The van der Waals surface area contributed by atoms with Crippen LogP contribution in [0.4, 0.5) is 0 Å². The third kappa shape index (κ3) is 3.82. The first-order chi connectivity index (χ1) is 9.22. The van der Waals surface area contributed by atoms with Crippen LogP contribution in [0.25, 0.3) is 0 Å². The van der Waals surface area contributed by atoms with Crippen LogP contribution in [0.5, 0.6) is 11.5 Å². The zero-order valence-corrected chi connectivity index (χ0v) is 12.6. The van der Waals surface area contributed by atoms with Crippen molar-refractivity contribution in [2.45, 2.75) is 19.8 Å². The highest BCUT2D eigenvalue weighted by Gasteiger charge is 2.06. The molecule has 0 unspecified atom stereocenters. The summed E-state index contributed by atoms with van der Waals surface area (Å²) in [6.07, 6.45) is 1.82. The molecule has 0 heterocycles. The normalized spacial score (nSPS) is 10.5. The van der Waals surface area contributed by atoms with Gasteiger partial charge >= 0.3 is 0 Å². The molecule has 100 valence electrons. The summed E-state index contributed by atoms with van der Waals surface area (Å²) in [5, 5.41) is 0. The van der Waals surface area contributed by atoms with Gasteiger partial charge in [0.15, 0.2) is 0 Å². The van der Waals surface area contributed by atoms with Gasteiger partial charge in [-0.3, -0.25) is 0 Å². The zero-order valence-electron chi connectivity index (χ0n) is 11.0. The summed E-state index contributed by atoms with van der Waals surface area (Å²) in [4.78, 5) is 0. The van der Waals surface area contributed by atoms with Gasteiger partial charge in [-0.2, -0.15) is 0 Å². The van der Waals surface area contributed by atoms with Crippen LogP contribution in [0.1, 0.15) is 18.1 Å². The van der Waals surface area contributed by atoms with Gasteiger partial charge in [0.2, 0.25) is 0 Å². The molecule has 0 fully saturated rings. The summed E-state index contributed by atoms with van der Waals surface area (Å²) < 4.78 is 7.01. The van der Waals surface area contributed by atoms with Crippen LogP contribution in [0.3, 0.4) is 0 Å². The van der Waals surface area contributed by atoms with Crippen molar-refractivity contribution in [2.24, 2.45) is 5.73 Å². The molecular formula is C16H18BrNO. The Kier molecular flexibility index (Phi) is 5.00. The molecule has 0 amide bonds. The number of nitrogens with two attached hydrogens (primary N) is 1. The standard InChI is InChI=1S/C16H18BrNO/c1-2-12-4-3-5-15(10-12)19-16-11-14(17)7-6-13(16)8-9-18/h3-7,10-11H,2,8-9,18H2,1H3. The molecule has 0 radical (unpaired) electrons. The lowest BCUT2D eigenvalue weighted by Gasteiger charge is -2.12. The number of aryl methyl sites for hydroxylation is 1. The Morgan fingerprint density at radius 1 is 1.16 bits per heavy atom. The minimum Gasteiger partial charge on any atom is -0.457 e. The highest BCUT2D eigenvalue weighted by molar-refractivity contribution is 9.10. The van der Waals surface area contributed by atoms with Gasteiger partial charge in [0.25, 0.3) is 0 Å². The van der Waals surface area contributed by atoms with E-state index >= 15 is 0 Å². The molecule has 2 aromatic carbocycles. The van der Waals surface area contributed by atoms with E-state index < -0.39 is 0 Å². The van der Waals surface area contributed by atoms with Crippen LogP contribution in [0, 0.1) is 0 Å². The SMILES string of the molecule is CCc1cccc(Oc2cc(Br)ccc2CCN)c1. The second kappa shape index (κ2) is 6.73. The molecule has 3 heteroatoms. The third-order valence-corrected chi connectivity index (χ3v) is 3.47. The molecule has 0 aliphatic carbocycles. The molecule has 0 bridgehead atoms. The molecule has 0 aromatic heterocycles. The molecule has 2 rings (SSSR count). The van der Waals surface area contributed by atoms with Gasteiger partial charge in [0.05, 0.1) is 0 Å². The summed E-state index contributed by atoms with van der Waals surface area (Å²) in [6, 6.07) is 14.2. The highest BCUT2D eigenvalue weighted by Crippen LogP contribution is 2.29. The minimum atomic E-state index is 0.618. The lowest BCUT2D eigenvalue weighted by Crippen LogP contribution is -2.04. The molecule has 2 nitrogen and oxygen atoms in total. The molecule has 0 aliphatic rings. The van der Waals surface area contributed by atoms with Crippen molar-refractivity contribution >= 4 is 15.9 Å². The van der Waals surface area contributed by atoms with Crippen molar-refractivity contribution in [3.63, 3.8) is 0 Å². The van der Waals surface area contributed by atoms with Crippen molar-refractivity contribution in [1.82, 2.24) is 0 Å². The number of ether oxygens (including phenoxy) is 1. The summed E-state index contributed by atoms with van der Waals surface area (Å²) in [7, 11) is 0. The van der Waals surface area contributed by atoms with Gasteiger partial charge in [-0.05, 0) is 54.8 Å². The number of hydrogen-bond acceptors (Lipinski definition) is 2. The van der Waals surface area contributed by atoms with E-state index in [9.17, 15) is 0 Å². The molecule has 0 atom stereocenters. The van der Waals surface area contributed by atoms with E-state index in [2.05, 4.69) is 41.1 Å². The van der Waals surface area contributed by atoms with Crippen molar-refractivity contribution in [1.29, 1.82) is 0 Å². The van der Waals surface area contributed by atoms with Gasteiger partial charge in [0, 0.05) is 4.47 Å². The van der Waals surface area contributed by atoms with Crippen molar-refractivity contribution < 1.29 is 4.74 Å². The highest BCUT2D eigenvalue weighted by atomic mass is 79.9. The Labute approximate surface area is 122 Å². The predicted molar refractivity (Wildman–Crippen MR) is 82.8 cm³/mol. The monoisotopic (exact) mass is 319 g/mol. The molecule has 19 heavy (non-hydrogen) atoms. The number of hydrogen-bond donors (Lipinski definition) is 1. The van der Waals surface area contributed by atoms with Gasteiger partial charge in [0.1, 0.15) is 11.5 Å². The number of halogens is 1. The Morgan fingerprint density at radius 3 is 2.74 bits per heavy atom. The van der Waals surface area contributed by atoms with E-state index in [4.69, 9.17) is 10.5 Å². The summed E-state index contributed by atoms with van der Waals surface area (Å²) in [5.41, 5.74) is 8.04. The van der Waals surface area contributed by atoms with Crippen molar-refractivity contribution in [2.75, 3.05) is 6.54 Å². The van der Waals surface area contributed by atoms with Crippen LogP contribution >= 0.6 is 15.9 Å². The predicted octanol–water partition coefficient (Wildman–Crippen LogP) is 4.31. The smallest absolute Gasteiger partial charge is 0.131 e. The minimum absolute atomic E-state index is 0.618. The first kappa shape index (κ1) is 14.1. The first-order valence-electron chi connectivity index (χ1n) is 6.48. The average molecular weight is 320 g/mol. The van der Waals surface area contributed by atoms with E-state index in [0.29, 0.717) is 6.54 Å². The van der Waals surface area contributed by atoms with Crippen molar-refractivity contribution in [3.05, 3.63) is 58.1 Å². The van der Waals surface area contributed by atoms with Crippen LogP contribution < -0.4 is 10.5 Å². The van der Waals surface area contributed by atoms with Crippen LogP contribution in [0.15, 0.2) is 46.9 Å². The maximum absolute atomic E-state index is 6.00. The van der Waals surface area contributed by atoms with Gasteiger partial charge in [-0.25, -0.2) is 0 Å². The van der Waals surface area contributed by atoms with Gasteiger partial charge in [-0.15, -0.1) is 0 Å². The fourth-order valence-corrected chi connectivity index (χ4v) is 2.28. The number of rotatable bonds is 5. The van der Waals surface area contributed by atoms with E-state index in [1.807, 2.05) is 24.3 Å². The Bertz CT molecular complexity index is 554. The molecule has 2 aromatic rings. The maximum Gasteiger partial charge on any atom is 0.131 e. The second-order valence-electron chi connectivity index (χ2n) is 4.39. The fraction of sp³-hybridized carbons (Fsp3) is 0.250. The van der Waals surface area contributed by atoms with Crippen LogP contribution in [-0.2, 0) is 12.8 Å². The lowest BCUT2D eigenvalue weighted by atomic mass is 10.1. The van der Waals surface area contributed by atoms with Gasteiger partial charge in [-0.1, -0.05) is 41.1 Å². The van der Waals surface area contributed by atoms with Crippen LogP contribution in [0.2, 0.25) is 0 Å². The fourth-order valence-electron chi connectivity index (χ4n) is 1.94. The Morgan fingerprint density at radius 2 is 2.00 bits per heavy atom. The largest absolute Gasteiger partial charge is 0.457 e. The van der Waals surface area contributed by atoms with E-state index in [0.717, 1.165) is 34.4 Å². The molecule has 0 spiro atoms.